The van der Waals surface area contributed by atoms with Crippen LogP contribution >= 0.6 is 0 Å². The van der Waals surface area contributed by atoms with Crippen LogP contribution in [0.4, 0.5) is 0 Å². The normalized spacial score (nSPS) is 21.2. The highest BCUT2D eigenvalue weighted by Crippen LogP contribution is 2.16. The number of piperazine rings is 2. The Hall–Kier alpha value is -0.700. The first-order valence-electron chi connectivity index (χ1n) is 10.2. The van der Waals surface area contributed by atoms with Gasteiger partial charge in [-0.15, -0.1) is 0 Å². The zero-order valence-corrected chi connectivity index (χ0v) is 17.3. The number of hydrogen-bond donors (Lipinski definition) is 0. The fourth-order valence-electron chi connectivity index (χ4n) is 3.57. The molecule has 0 bridgehead atoms. The lowest BCUT2D eigenvalue weighted by Gasteiger charge is -2.39. The molecule has 0 spiro atoms. The second-order valence-electron chi connectivity index (χ2n) is 7.51. The van der Waals surface area contributed by atoms with Crippen LogP contribution in [0.5, 0.6) is 0 Å². The van der Waals surface area contributed by atoms with Gasteiger partial charge in [0.1, 0.15) is 0 Å². The lowest BCUT2D eigenvalue weighted by atomic mass is 10.1. The maximum absolute atomic E-state index is 12.8. The Morgan fingerprint density at radius 2 is 1.27 bits per heavy atom. The third-order valence-corrected chi connectivity index (χ3v) is 7.49. The predicted molar refractivity (Wildman–Crippen MR) is 104 cm³/mol. The molecule has 2 rings (SSSR count). The Bertz CT molecular complexity index is 525. The molecule has 0 aromatic rings. The molecule has 0 N–H and O–H groups in total. The molecule has 2 aliphatic rings. The Labute approximate surface area is 159 Å². The van der Waals surface area contributed by atoms with Gasteiger partial charge in [-0.05, 0) is 13.5 Å². The van der Waals surface area contributed by atoms with Crippen LogP contribution in [0.3, 0.4) is 0 Å². The minimum Gasteiger partial charge on any atom is -0.340 e. The van der Waals surface area contributed by atoms with Gasteiger partial charge in [-0.25, -0.2) is 0 Å². The van der Waals surface area contributed by atoms with Gasteiger partial charge in [-0.2, -0.15) is 17.0 Å². The first kappa shape index (κ1) is 21.6. The Kier molecular flexibility index (Phi) is 8.79. The van der Waals surface area contributed by atoms with E-state index >= 15 is 0 Å². The average molecular weight is 389 g/mol. The molecule has 26 heavy (non-hydrogen) atoms. The van der Waals surface area contributed by atoms with Crippen LogP contribution in [0.25, 0.3) is 0 Å². The van der Waals surface area contributed by atoms with Crippen molar-refractivity contribution in [3.05, 3.63) is 0 Å². The van der Waals surface area contributed by atoms with Crippen LogP contribution in [-0.4, -0.2) is 92.1 Å². The summed E-state index contributed by atoms with van der Waals surface area (Å²) in [4.78, 5) is 16.3. The van der Waals surface area contributed by atoms with Gasteiger partial charge in [0.2, 0.25) is 5.91 Å². The molecule has 0 aromatic carbocycles. The lowest BCUT2D eigenvalue weighted by molar-refractivity contribution is -0.132. The van der Waals surface area contributed by atoms with Crippen molar-refractivity contribution < 1.29 is 13.2 Å². The molecule has 1 amide bonds. The van der Waals surface area contributed by atoms with Crippen molar-refractivity contribution in [3.8, 4) is 0 Å². The summed E-state index contributed by atoms with van der Waals surface area (Å²) in [6, 6.07) is 0. The number of nitrogens with zero attached hydrogens (tertiary/aromatic N) is 4. The number of carbonyl (C=O) groups is 1. The van der Waals surface area contributed by atoms with Crippen molar-refractivity contribution in [1.82, 2.24) is 18.4 Å². The maximum Gasteiger partial charge on any atom is 0.282 e. The van der Waals surface area contributed by atoms with Crippen LogP contribution in [0, 0.1) is 0 Å². The summed E-state index contributed by atoms with van der Waals surface area (Å²) >= 11 is 0. The minimum absolute atomic E-state index is 0.178. The molecule has 7 nitrogen and oxygen atoms in total. The van der Waals surface area contributed by atoms with E-state index in [1.807, 2.05) is 11.9 Å². The molecule has 0 unspecified atom stereocenters. The van der Waals surface area contributed by atoms with Crippen molar-refractivity contribution in [1.29, 1.82) is 0 Å². The van der Waals surface area contributed by atoms with E-state index in [9.17, 15) is 13.2 Å². The van der Waals surface area contributed by atoms with E-state index < -0.39 is 10.2 Å². The molecule has 2 fully saturated rings. The first-order valence-corrected chi connectivity index (χ1v) is 11.6. The minimum atomic E-state index is -3.39. The highest BCUT2D eigenvalue weighted by Gasteiger charge is 2.34. The van der Waals surface area contributed by atoms with Gasteiger partial charge in [0, 0.05) is 58.8 Å². The van der Waals surface area contributed by atoms with Gasteiger partial charge in [0.15, 0.2) is 0 Å². The zero-order chi connectivity index (χ0) is 19.0. The number of unbranched alkanes of at least 4 members (excludes halogenated alkanes) is 5. The van der Waals surface area contributed by atoms with E-state index in [0.29, 0.717) is 45.7 Å². The van der Waals surface area contributed by atoms with Crippen LogP contribution in [0.2, 0.25) is 0 Å². The van der Waals surface area contributed by atoms with Gasteiger partial charge in [-0.1, -0.05) is 39.0 Å². The highest BCUT2D eigenvalue weighted by molar-refractivity contribution is 7.86. The van der Waals surface area contributed by atoms with Crippen molar-refractivity contribution in [2.75, 3.05) is 59.4 Å². The van der Waals surface area contributed by atoms with Crippen LogP contribution in [-0.2, 0) is 15.0 Å². The third-order valence-electron chi connectivity index (χ3n) is 5.45. The molecule has 0 atom stereocenters. The van der Waals surface area contributed by atoms with E-state index in [2.05, 4.69) is 11.8 Å². The third kappa shape index (κ3) is 6.18. The van der Waals surface area contributed by atoms with Crippen LogP contribution in [0.1, 0.15) is 51.9 Å². The van der Waals surface area contributed by atoms with E-state index in [1.165, 1.54) is 25.7 Å². The van der Waals surface area contributed by atoms with Crippen molar-refractivity contribution in [2.24, 2.45) is 0 Å². The van der Waals surface area contributed by atoms with E-state index in [4.69, 9.17) is 0 Å². The summed E-state index contributed by atoms with van der Waals surface area (Å²) in [6.45, 7) is 6.71. The largest absolute Gasteiger partial charge is 0.340 e. The Morgan fingerprint density at radius 3 is 1.85 bits per heavy atom. The van der Waals surface area contributed by atoms with Gasteiger partial charge in [-0.3, -0.25) is 4.79 Å². The Balaban J connectivity index is 1.70. The molecule has 0 saturated carbocycles. The molecule has 8 heteroatoms. The number of likely N-dealkylation sites (N-methyl/N-ethyl adjacent to an activating group) is 1. The lowest BCUT2D eigenvalue weighted by Crippen LogP contribution is -2.57. The average Bonchev–Trinajstić information content (AvgIpc) is 2.65. The topological polar surface area (TPSA) is 64.2 Å². The number of amides is 1. The molecule has 0 radical (unpaired) electrons. The smallest absolute Gasteiger partial charge is 0.282 e. The van der Waals surface area contributed by atoms with Gasteiger partial charge >= 0.3 is 0 Å². The molecule has 2 heterocycles. The second kappa shape index (κ2) is 10.6. The summed E-state index contributed by atoms with van der Waals surface area (Å²) in [7, 11) is -1.37. The van der Waals surface area contributed by atoms with Crippen molar-refractivity contribution >= 4 is 16.1 Å². The number of rotatable bonds is 9. The zero-order valence-electron chi connectivity index (χ0n) is 16.5. The molecular formula is C18H36N4O3S. The molecule has 152 valence electrons. The van der Waals surface area contributed by atoms with E-state index in [1.54, 1.807) is 8.61 Å². The monoisotopic (exact) mass is 388 g/mol. The van der Waals surface area contributed by atoms with Crippen molar-refractivity contribution in [2.45, 2.75) is 51.9 Å². The first-order chi connectivity index (χ1) is 12.4. The number of hydrogen-bond acceptors (Lipinski definition) is 4. The maximum atomic E-state index is 12.8. The van der Waals surface area contributed by atoms with Crippen LogP contribution in [0.15, 0.2) is 0 Å². The summed E-state index contributed by atoms with van der Waals surface area (Å²) in [6.07, 6.45) is 7.63. The molecule has 2 aliphatic heterocycles. The summed E-state index contributed by atoms with van der Waals surface area (Å²) in [5.41, 5.74) is 0. The predicted octanol–water partition coefficient (Wildman–Crippen LogP) is 1.37. The SMILES string of the molecule is CCCCCCCCC(=O)N1CCN(S(=O)(=O)N2CCN(C)CC2)CC1. The van der Waals surface area contributed by atoms with Crippen molar-refractivity contribution in [3.63, 3.8) is 0 Å². The highest BCUT2D eigenvalue weighted by atomic mass is 32.2. The van der Waals surface area contributed by atoms with E-state index in [0.717, 1.165) is 25.9 Å². The summed E-state index contributed by atoms with van der Waals surface area (Å²) < 4.78 is 28.6. The fraction of sp³-hybridized carbons (Fsp3) is 0.944. The van der Waals surface area contributed by atoms with Gasteiger partial charge < -0.3 is 9.80 Å². The standard InChI is InChI=1S/C18H36N4O3S/c1-3-4-5-6-7-8-9-18(23)20-12-16-22(17-13-20)26(24,25)21-14-10-19(2)11-15-21/h3-17H2,1-2H3. The van der Waals surface area contributed by atoms with Gasteiger partial charge in [0.25, 0.3) is 10.2 Å². The molecule has 2 saturated heterocycles. The van der Waals surface area contributed by atoms with Crippen LogP contribution < -0.4 is 0 Å². The Morgan fingerprint density at radius 1 is 0.769 bits per heavy atom. The molecule has 0 aromatic heterocycles. The summed E-state index contributed by atoms with van der Waals surface area (Å²) in [5, 5.41) is 0. The van der Waals surface area contributed by atoms with Gasteiger partial charge in [0.05, 0.1) is 0 Å². The molecule has 0 aliphatic carbocycles. The number of carbonyl (C=O) groups excluding carboxylic acids is 1. The second-order valence-corrected chi connectivity index (χ2v) is 9.44. The molecular weight excluding hydrogens is 352 g/mol. The summed E-state index contributed by atoms with van der Waals surface area (Å²) in [5.74, 6) is 0.178. The quantitative estimate of drug-likeness (QED) is 0.560. The fourth-order valence-corrected chi connectivity index (χ4v) is 5.14. The van der Waals surface area contributed by atoms with E-state index in [-0.39, 0.29) is 5.91 Å².